The summed E-state index contributed by atoms with van der Waals surface area (Å²) in [6.45, 7) is 1.89. The van der Waals surface area contributed by atoms with Crippen LogP contribution in [0.25, 0.3) is 0 Å². The Balaban J connectivity index is 3.23. The number of hydrogen-bond donors (Lipinski definition) is 1. The highest BCUT2D eigenvalue weighted by atomic mass is 79.9. The summed E-state index contributed by atoms with van der Waals surface area (Å²) in [6.07, 6.45) is 0. The molecule has 0 aliphatic carbocycles. The normalized spacial score (nSPS) is 11.2. The monoisotopic (exact) mass is 307 g/mol. The quantitative estimate of drug-likeness (QED) is 0.852. The number of benzene rings is 1. The molecule has 0 saturated carbocycles. The van der Waals surface area contributed by atoms with E-state index in [4.69, 9.17) is 9.88 Å². The fourth-order valence-electron chi connectivity index (χ4n) is 1.06. The Morgan fingerprint density at radius 3 is 2.62 bits per heavy atom. The molecule has 1 rings (SSSR count). The maximum atomic E-state index is 11.4. The van der Waals surface area contributed by atoms with Gasteiger partial charge in [-0.1, -0.05) is 0 Å². The van der Waals surface area contributed by atoms with Gasteiger partial charge in [0.15, 0.2) is 0 Å². The summed E-state index contributed by atoms with van der Waals surface area (Å²) in [4.78, 5) is 11.2. The second kappa shape index (κ2) is 4.94. The molecule has 0 aliphatic heterocycles. The molecule has 0 atom stereocenters. The molecule has 0 amide bonds. The van der Waals surface area contributed by atoms with E-state index in [1.165, 1.54) is 18.2 Å². The average Bonchev–Trinajstić information content (AvgIpc) is 2.16. The van der Waals surface area contributed by atoms with Crippen molar-refractivity contribution in [1.29, 1.82) is 0 Å². The van der Waals surface area contributed by atoms with Crippen molar-refractivity contribution in [3.8, 4) is 0 Å². The highest BCUT2D eigenvalue weighted by molar-refractivity contribution is 9.10. The van der Waals surface area contributed by atoms with E-state index in [-0.39, 0.29) is 17.1 Å². The van der Waals surface area contributed by atoms with E-state index < -0.39 is 16.0 Å². The molecule has 0 saturated heterocycles. The van der Waals surface area contributed by atoms with Crippen LogP contribution in [0, 0.1) is 0 Å². The van der Waals surface area contributed by atoms with Gasteiger partial charge in [0.2, 0.25) is 10.0 Å². The van der Waals surface area contributed by atoms with Crippen molar-refractivity contribution in [1.82, 2.24) is 0 Å². The number of esters is 1. The molecular formula is C9H10BrNO4S. The Bertz CT molecular complexity index is 512. The first-order chi connectivity index (χ1) is 7.36. The maximum Gasteiger partial charge on any atom is 0.338 e. The van der Waals surface area contributed by atoms with Crippen molar-refractivity contribution < 1.29 is 17.9 Å². The molecule has 1 aromatic carbocycles. The number of nitrogens with two attached hydrogens (primary N) is 1. The van der Waals surface area contributed by atoms with Crippen LogP contribution in [0.2, 0.25) is 0 Å². The molecule has 7 heteroatoms. The van der Waals surface area contributed by atoms with E-state index in [0.29, 0.717) is 4.47 Å². The number of carbonyl (C=O) groups excluding carboxylic acids is 1. The topological polar surface area (TPSA) is 86.5 Å². The zero-order valence-electron chi connectivity index (χ0n) is 8.44. The van der Waals surface area contributed by atoms with Gasteiger partial charge in [0.25, 0.3) is 0 Å². The van der Waals surface area contributed by atoms with Crippen LogP contribution in [0.1, 0.15) is 17.3 Å². The predicted molar refractivity (Wildman–Crippen MR) is 61.5 cm³/mol. The second-order valence-corrected chi connectivity index (χ2v) is 5.29. The summed E-state index contributed by atoms with van der Waals surface area (Å²) in [6, 6.07) is 4.07. The van der Waals surface area contributed by atoms with Gasteiger partial charge in [-0.25, -0.2) is 18.4 Å². The number of sulfonamides is 1. The first-order valence-electron chi connectivity index (χ1n) is 4.35. The summed E-state index contributed by atoms with van der Waals surface area (Å²) in [5.74, 6) is -0.583. The minimum atomic E-state index is -3.86. The van der Waals surface area contributed by atoms with Crippen molar-refractivity contribution in [2.75, 3.05) is 6.61 Å². The fourth-order valence-corrected chi connectivity index (χ4v) is 2.62. The van der Waals surface area contributed by atoms with Crippen LogP contribution >= 0.6 is 15.9 Å². The average molecular weight is 308 g/mol. The lowest BCUT2D eigenvalue weighted by Crippen LogP contribution is -2.14. The van der Waals surface area contributed by atoms with Crippen molar-refractivity contribution >= 4 is 31.9 Å². The number of ether oxygens (including phenoxy) is 1. The van der Waals surface area contributed by atoms with Crippen molar-refractivity contribution in [3.63, 3.8) is 0 Å². The number of halogens is 1. The van der Waals surface area contributed by atoms with Crippen LogP contribution < -0.4 is 5.14 Å². The number of primary sulfonamides is 1. The summed E-state index contributed by atoms with van der Waals surface area (Å²) in [5.41, 5.74) is 0.147. The Morgan fingerprint density at radius 2 is 2.12 bits per heavy atom. The second-order valence-electron chi connectivity index (χ2n) is 2.91. The third-order valence-corrected chi connectivity index (χ3v) is 3.65. The zero-order chi connectivity index (χ0) is 12.3. The van der Waals surface area contributed by atoms with Crippen molar-refractivity contribution in [3.05, 3.63) is 28.2 Å². The third-order valence-electron chi connectivity index (χ3n) is 1.75. The molecule has 16 heavy (non-hydrogen) atoms. The molecule has 1 aromatic rings. The van der Waals surface area contributed by atoms with E-state index in [1.807, 2.05) is 0 Å². The highest BCUT2D eigenvalue weighted by Gasteiger charge is 2.16. The molecule has 5 nitrogen and oxygen atoms in total. The molecule has 0 aliphatic rings. The summed E-state index contributed by atoms with van der Waals surface area (Å²) in [7, 11) is -3.86. The standard InChI is InChI=1S/C9H10BrNO4S/c1-2-15-9(12)6-3-4-7(10)8(5-6)16(11,13)14/h3-5H,2H2,1H3,(H2,11,13,14). The molecule has 0 fully saturated rings. The Labute approximate surface area is 102 Å². The van der Waals surface area contributed by atoms with E-state index >= 15 is 0 Å². The fraction of sp³-hybridized carbons (Fsp3) is 0.222. The van der Waals surface area contributed by atoms with Crippen LogP contribution in [0.5, 0.6) is 0 Å². The van der Waals surface area contributed by atoms with Gasteiger partial charge in [-0.3, -0.25) is 0 Å². The minimum Gasteiger partial charge on any atom is -0.462 e. The molecule has 0 aromatic heterocycles. The molecular weight excluding hydrogens is 298 g/mol. The molecule has 0 spiro atoms. The molecule has 2 N–H and O–H groups in total. The first kappa shape index (κ1) is 13.1. The Morgan fingerprint density at radius 1 is 1.50 bits per heavy atom. The van der Waals surface area contributed by atoms with Gasteiger partial charge < -0.3 is 4.74 Å². The van der Waals surface area contributed by atoms with Crippen LogP contribution in [-0.2, 0) is 14.8 Å². The van der Waals surface area contributed by atoms with Gasteiger partial charge in [0, 0.05) is 4.47 Å². The molecule has 0 radical (unpaired) electrons. The Hall–Kier alpha value is -0.920. The van der Waals surface area contributed by atoms with E-state index in [0.717, 1.165) is 0 Å². The van der Waals surface area contributed by atoms with Gasteiger partial charge in [-0.05, 0) is 41.1 Å². The van der Waals surface area contributed by atoms with Crippen LogP contribution in [0.4, 0.5) is 0 Å². The highest BCUT2D eigenvalue weighted by Crippen LogP contribution is 2.22. The van der Waals surface area contributed by atoms with E-state index in [1.54, 1.807) is 6.92 Å². The smallest absolute Gasteiger partial charge is 0.338 e. The maximum absolute atomic E-state index is 11.4. The molecule has 88 valence electrons. The van der Waals surface area contributed by atoms with Gasteiger partial charge >= 0.3 is 5.97 Å². The lowest BCUT2D eigenvalue weighted by molar-refractivity contribution is 0.0526. The van der Waals surface area contributed by atoms with Gasteiger partial charge in [0.1, 0.15) is 0 Å². The van der Waals surface area contributed by atoms with Crippen LogP contribution in [0.15, 0.2) is 27.6 Å². The number of carbonyl (C=O) groups is 1. The van der Waals surface area contributed by atoms with Crippen molar-refractivity contribution in [2.24, 2.45) is 5.14 Å². The summed E-state index contributed by atoms with van der Waals surface area (Å²) in [5, 5.41) is 4.99. The SMILES string of the molecule is CCOC(=O)c1ccc(Br)c(S(N)(=O)=O)c1. The van der Waals surface area contributed by atoms with Crippen LogP contribution in [0.3, 0.4) is 0 Å². The number of rotatable bonds is 3. The Kier molecular flexibility index (Phi) is 4.06. The van der Waals surface area contributed by atoms with E-state index in [2.05, 4.69) is 15.9 Å². The van der Waals surface area contributed by atoms with E-state index in [9.17, 15) is 13.2 Å². The molecule has 0 unspecified atom stereocenters. The first-order valence-corrected chi connectivity index (χ1v) is 6.69. The number of hydrogen-bond acceptors (Lipinski definition) is 4. The summed E-state index contributed by atoms with van der Waals surface area (Å²) < 4.78 is 27.4. The zero-order valence-corrected chi connectivity index (χ0v) is 10.8. The largest absolute Gasteiger partial charge is 0.462 e. The lowest BCUT2D eigenvalue weighted by Gasteiger charge is -2.05. The van der Waals surface area contributed by atoms with Gasteiger partial charge in [-0.15, -0.1) is 0 Å². The van der Waals surface area contributed by atoms with Crippen LogP contribution in [-0.4, -0.2) is 21.0 Å². The van der Waals surface area contributed by atoms with Crippen molar-refractivity contribution in [2.45, 2.75) is 11.8 Å². The lowest BCUT2D eigenvalue weighted by atomic mass is 10.2. The van der Waals surface area contributed by atoms with Gasteiger partial charge in [-0.2, -0.15) is 0 Å². The molecule has 0 bridgehead atoms. The predicted octanol–water partition coefficient (Wildman–Crippen LogP) is 1.27. The van der Waals surface area contributed by atoms with Gasteiger partial charge in [0.05, 0.1) is 17.1 Å². The minimum absolute atomic E-state index is 0.141. The third kappa shape index (κ3) is 3.03. The molecule has 0 heterocycles. The summed E-state index contributed by atoms with van der Waals surface area (Å²) >= 11 is 3.04.